The average Bonchev–Trinajstić information content (AvgIpc) is 2.42. The maximum atomic E-state index is 10.4. The van der Waals surface area contributed by atoms with Crippen LogP contribution in [0.4, 0.5) is 5.69 Å². The minimum Gasteiger partial charge on any atom is -1.00 e. The van der Waals surface area contributed by atoms with Gasteiger partial charge >= 0.3 is 0 Å². The molecule has 0 aliphatic rings. The number of hydrogen-bond donors (Lipinski definition) is 0. The highest BCUT2D eigenvalue weighted by molar-refractivity contribution is 7.18. The number of nitrogens with zero attached hydrogens (tertiary/aromatic N) is 2. The van der Waals surface area contributed by atoms with Crippen molar-refractivity contribution in [1.82, 2.24) is 4.98 Å². The van der Waals surface area contributed by atoms with Crippen molar-refractivity contribution >= 4 is 27.2 Å². The predicted octanol–water partition coefficient (Wildman–Crippen LogP) is -0.483. The van der Waals surface area contributed by atoms with Crippen molar-refractivity contribution in [3.63, 3.8) is 0 Å². The summed E-state index contributed by atoms with van der Waals surface area (Å²) >= 11 is 1.47. The van der Waals surface area contributed by atoms with E-state index in [9.17, 15) is 10.1 Å². The Morgan fingerprint density at radius 3 is 2.86 bits per heavy atom. The first kappa shape index (κ1) is 11.3. The summed E-state index contributed by atoms with van der Waals surface area (Å²) in [4.78, 5) is 14.3. The van der Waals surface area contributed by atoms with Gasteiger partial charge in [0.05, 0.1) is 20.1 Å². The molecule has 0 saturated heterocycles. The highest BCUT2D eigenvalue weighted by Crippen LogP contribution is 2.25. The number of non-ortho nitro benzene ring substituents is 1. The van der Waals surface area contributed by atoms with Crippen LogP contribution in [-0.4, -0.2) is 9.91 Å². The van der Waals surface area contributed by atoms with Gasteiger partial charge in [0, 0.05) is 12.1 Å². The van der Waals surface area contributed by atoms with Crippen LogP contribution in [0.15, 0.2) is 18.2 Å². The summed E-state index contributed by atoms with van der Waals surface area (Å²) in [6.07, 6.45) is 0. The van der Waals surface area contributed by atoms with Crippen LogP contribution in [0, 0.1) is 17.0 Å². The second kappa shape index (κ2) is 4.18. The molecule has 0 aliphatic heterocycles. The molecule has 0 aliphatic carbocycles. The number of hydrogen-bond acceptors (Lipinski definition) is 4. The van der Waals surface area contributed by atoms with Gasteiger partial charge in [-0.05, 0) is 13.0 Å². The first-order valence-electron chi connectivity index (χ1n) is 3.68. The summed E-state index contributed by atoms with van der Waals surface area (Å²) in [7, 11) is 0. The van der Waals surface area contributed by atoms with Gasteiger partial charge in [-0.2, -0.15) is 0 Å². The normalized spacial score (nSPS) is 9.79. The number of nitro groups is 1. The minimum absolute atomic E-state index is 0. The molecule has 0 amide bonds. The Hall–Kier alpha value is -0.760. The SMILES string of the molecule is Cc1nc2ccc([N+](=O)[O-])cc2s1.[I-]. The summed E-state index contributed by atoms with van der Waals surface area (Å²) in [5.74, 6) is 0. The molecule has 1 heterocycles. The van der Waals surface area contributed by atoms with Crippen molar-refractivity contribution in [3.05, 3.63) is 33.3 Å². The Kier molecular flexibility index (Phi) is 3.38. The van der Waals surface area contributed by atoms with E-state index in [0.29, 0.717) is 0 Å². The Labute approximate surface area is 101 Å². The first-order chi connectivity index (χ1) is 6.16. The lowest BCUT2D eigenvalue weighted by molar-refractivity contribution is -0.384. The number of thiazole rings is 1. The zero-order valence-corrected chi connectivity index (χ0v) is 10.2. The number of aryl methyl sites for hydroxylation is 1. The van der Waals surface area contributed by atoms with E-state index >= 15 is 0 Å². The summed E-state index contributed by atoms with van der Waals surface area (Å²) in [6, 6.07) is 4.71. The maximum absolute atomic E-state index is 10.4. The van der Waals surface area contributed by atoms with E-state index in [-0.39, 0.29) is 29.7 Å². The molecular formula is C8H6IN2O2S-. The molecule has 0 unspecified atom stereocenters. The van der Waals surface area contributed by atoms with E-state index in [1.807, 2.05) is 6.92 Å². The largest absolute Gasteiger partial charge is 1.00 e. The predicted molar refractivity (Wildman–Crippen MR) is 51.0 cm³/mol. The van der Waals surface area contributed by atoms with Gasteiger partial charge in [0.1, 0.15) is 0 Å². The Morgan fingerprint density at radius 1 is 1.50 bits per heavy atom. The van der Waals surface area contributed by atoms with Crippen LogP contribution in [0.2, 0.25) is 0 Å². The van der Waals surface area contributed by atoms with Gasteiger partial charge in [-0.3, -0.25) is 10.1 Å². The van der Waals surface area contributed by atoms with Crippen molar-refractivity contribution in [3.8, 4) is 0 Å². The standard InChI is InChI=1S/C8H6N2O2S.HI/c1-5-9-7-3-2-6(10(11)12)4-8(7)13-5;/h2-4H,1H3;1H/p-1. The number of benzene rings is 1. The molecule has 0 spiro atoms. The molecule has 1 aromatic heterocycles. The lowest BCUT2D eigenvalue weighted by Gasteiger charge is -1.89. The van der Waals surface area contributed by atoms with Crippen LogP contribution >= 0.6 is 11.3 Å². The van der Waals surface area contributed by atoms with Crippen molar-refractivity contribution < 1.29 is 28.9 Å². The van der Waals surface area contributed by atoms with Gasteiger partial charge < -0.3 is 24.0 Å². The number of aromatic nitrogens is 1. The van der Waals surface area contributed by atoms with Gasteiger partial charge in [-0.1, -0.05) is 0 Å². The highest BCUT2D eigenvalue weighted by Gasteiger charge is 2.07. The molecule has 4 nitrogen and oxygen atoms in total. The molecule has 0 bridgehead atoms. The van der Waals surface area contributed by atoms with Gasteiger partial charge in [-0.25, -0.2) is 4.98 Å². The fourth-order valence-electron chi connectivity index (χ4n) is 1.14. The van der Waals surface area contributed by atoms with Crippen LogP contribution in [0.25, 0.3) is 10.2 Å². The monoisotopic (exact) mass is 321 g/mol. The molecule has 14 heavy (non-hydrogen) atoms. The molecular weight excluding hydrogens is 315 g/mol. The fraction of sp³-hybridized carbons (Fsp3) is 0.125. The number of nitro benzene ring substituents is 1. The zero-order valence-electron chi connectivity index (χ0n) is 7.23. The van der Waals surface area contributed by atoms with Gasteiger partial charge in [0.2, 0.25) is 0 Å². The molecule has 0 fully saturated rings. The Morgan fingerprint density at radius 2 is 2.21 bits per heavy atom. The van der Waals surface area contributed by atoms with E-state index in [2.05, 4.69) is 4.98 Å². The van der Waals surface area contributed by atoms with Crippen LogP contribution in [-0.2, 0) is 0 Å². The Balaban J connectivity index is 0.000000980. The van der Waals surface area contributed by atoms with Crippen molar-refractivity contribution in [2.45, 2.75) is 6.92 Å². The molecule has 6 heteroatoms. The van der Waals surface area contributed by atoms with Crippen LogP contribution in [0.5, 0.6) is 0 Å². The topological polar surface area (TPSA) is 56.0 Å². The molecule has 74 valence electrons. The van der Waals surface area contributed by atoms with Crippen molar-refractivity contribution in [2.75, 3.05) is 0 Å². The zero-order chi connectivity index (χ0) is 9.42. The highest BCUT2D eigenvalue weighted by atomic mass is 127. The third kappa shape index (κ3) is 2.01. The second-order valence-corrected chi connectivity index (χ2v) is 3.88. The van der Waals surface area contributed by atoms with Gasteiger partial charge in [-0.15, -0.1) is 11.3 Å². The maximum Gasteiger partial charge on any atom is 0.270 e. The third-order valence-electron chi connectivity index (χ3n) is 1.69. The molecule has 0 radical (unpaired) electrons. The second-order valence-electron chi connectivity index (χ2n) is 2.64. The molecule has 2 rings (SSSR count). The molecule has 0 atom stereocenters. The van der Waals surface area contributed by atoms with Crippen LogP contribution < -0.4 is 24.0 Å². The van der Waals surface area contributed by atoms with Gasteiger partial charge in [0.15, 0.2) is 0 Å². The van der Waals surface area contributed by atoms with E-state index < -0.39 is 4.92 Å². The van der Waals surface area contributed by atoms with E-state index in [1.54, 1.807) is 12.1 Å². The smallest absolute Gasteiger partial charge is 0.270 e. The molecule has 0 N–H and O–H groups in total. The summed E-state index contributed by atoms with van der Waals surface area (Å²) < 4.78 is 0.867. The number of halogens is 1. The van der Waals surface area contributed by atoms with Crippen molar-refractivity contribution in [1.29, 1.82) is 0 Å². The Bertz CT molecular complexity index is 483. The van der Waals surface area contributed by atoms with Crippen LogP contribution in [0.1, 0.15) is 5.01 Å². The first-order valence-corrected chi connectivity index (χ1v) is 4.50. The lowest BCUT2D eigenvalue weighted by Crippen LogP contribution is -3.00. The van der Waals surface area contributed by atoms with Gasteiger partial charge in [0.25, 0.3) is 5.69 Å². The fourth-order valence-corrected chi connectivity index (χ4v) is 2.00. The van der Waals surface area contributed by atoms with E-state index in [4.69, 9.17) is 0 Å². The van der Waals surface area contributed by atoms with Crippen LogP contribution in [0.3, 0.4) is 0 Å². The summed E-state index contributed by atoms with van der Waals surface area (Å²) in [6.45, 7) is 1.89. The summed E-state index contributed by atoms with van der Waals surface area (Å²) in [5, 5.41) is 11.4. The van der Waals surface area contributed by atoms with E-state index in [1.165, 1.54) is 17.4 Å². The number of fused-ring (bicyclic) bond motifs is 1. The lowest BCUT2D eigenvalue weighted by atomic mass is 10.3. The quantitative estimate of drug-likeness (QED) is 0.405. The summed E-state index contributed by atoms with van der Waals surface area (Å²) in [5.41, 5.74) is 0.948. The number of rotatable bonds is 1. The molecule has 2 aromatic rings. The third-order valence-corrected chi connectivity index (χ3v) is 2.62. The average molecular weight is 321 g/mol. The molecule has 0 saturated carbocycles. The van der Waals surface area contributed by atoms with E-state index in [0.717, 1.165) is 15.2 Å². The van der Waals surface area contributed by atoms with Crippen molar-refractivity contribution in [2.24, 2.45) is 0 Å². The molecule has 1 aromatic carbocycles. The minimum atomic E-state index is -0.394.